The van der Waals surface area contributed by atoms with Gasteiger partial charge in [-0.25, -0.2) is 21.5 Å². The molecule has 0 aliphatic heterocycles. The number of carbonyl (C=O) groups is 2. The zero-order valence-corrected chi connectivity index (χ0v) is 29.6. The summed E-state index contributed by atoms with van der Waals surface area (Å²) in [5.41, 5.74) is 1.87. The lowest BCUT2D eigenvalue weighted by Gasteiger charge is -2.26. The molecule has 0 aromatic heterocycles. The number of amides is 1. The number of sulfonamides is 1. The average Bonchev–Trinajstić information content (AvgIpc) is 3.08. The Balaban J connectivity index is 0.00000126. The number of alkyl halides is 2. The molecule has 0 aliphatic rings. The summed E-state index contributed by atoms with van der Waals surface area (Å²) in [5, 5.41) is 20.1. The summed E-state index contributed by atoms with van der Waals surface area (Å²) in [5.74, 6) is -3.61. The van der Waals surface area contributed by atoms with Gasteiger partial charge in [-0.3, -0.25) is 9.59 Å². The highest BCUT2D eigenvalue weighted by Crippen LogP contribution is 2.30. The van der Waals surface area contributed by atoms with Gasteiger partial charge in [0.2, 0.25) is 10.0 Å². The van der Waals surface area contributed by atoms with Crippen LogP contribution < -0.4 is 20.3 Å². The molecule has 9 nitrogen and oxygen atoms in total. The molecule has 4 rings (SSSR count). The normalized spacial score (nSPS) is 12.6. The van der Waals surface area contributed by atoms with Gasteiger partial charge in [-0.15, -0.1) is 0 Å². The summed E-state index contributed by atoms with van der Waals surface area (Å²) in [7, 11) is -1.90. The van der Waals surface area contributed by atoms with Crippen molar-refractivity contribution in [2.24, 2.45) is 0 Å². The van der Waals surface area contributed by atoms with E-state index in [-0.39, 0.29) is 41.9 Å². The molecule has 1 amide bonds. The Hall–Kier alpha value is -4.49. The second-order valence-electron chi connectivity index (χ2n) is 12.0. The van der Waals surface area contributed by atoms with Crippen molar-refractivity contribution >= 4 is 33.6 Å². The van der Waals surface area contributed by atoms with E-state index in [0.29, 0.717) is 17.5 Å². The van der Waals surface area contributed by atoms with E-state index >= 15 is 0 Å². The monoisotopic (exact) mass is 708 g/mol. The Labute approximate surface area is 293 Å². The van der Waals surface area contributed by atoms with Gasteiger partial charge in [0, 0.05) is 36.7 Å². The largest absolute Gasteiger partial charge is 0.390 e. The fraction of sp³-hybridized carbons (Fsp3) is 0.316. The lowest BCUT2D eigenvalue weighted by Crippen LogP contribution is -2.48. The number of para-hydroxylation sites is 1. The number of nitrogens with zero attached hydrogens (tertiary/aromatic N) is 1. The molecular formula is C38H46F2N4O5S. The number of hydrogen-bond acceptors (Lipinski definition) is 7. The molecule has 268 valence electrons. The number of halogens is 2. The van der Waals surface area contributed by atoms with Crippen LogP contribution in [0.1, 0.15) is 57.7 Å². The summed E-state index contributed by atoms with van der Waals surface area (Å²) in [4.78, 5) is 25.4. The first-order valence-corrected chi connectivity index (χ1v) is 18.1. The van der Waals surface area contributed by atoms with Crippen LogP contribution in [0, 0.1) is 0 Å². The van der Waals surface area contributed by atoms with Gasteiger partial charge in [0.15, 0.2) is 0 Å². The zero-order valence-electron chi connectivity index (χ0n) is 28.8. The van der Waals surface area contributed by atoms with Crippen molar-refractivity contribution in [3.05, 3.63) is 131 Å². The molecule has 0 heterocycles. The van der Waals surface area contributed by atoms with Crippen LogP contribution in [0.2, 0.25) is 0 Å². The summed E-state index contributed by atoms with van der Waals surface area (Å²) >= 11 is 0. The maximum Gasteiger partial charge on any atom is 0.270 e. The van der Waals surface area contributed by atoms with Crippen LogP contribution in [0.4, 0.5) is 20.2 Å². The molecule has 0 radical (unpaired) electrons. The third-order valence-electron chi connectivity index (χ3n) is 7.59. The summed E-state index contributed by atoms with van der Waals surface area (Å²) in [6.07, 6.45) is 1.94. The number of nitrogens with one attached hydrogen (secondary N) is 3. The van der Waals surface area contributed by atoms with Crippen LogP contribution in [0.3, 0.4) is 0 Å². The summed E-state index contributed by atoms with van der Waals surface area (Å²) in [6, 6.07) is 26.8. The molecular weight excluding hydrogens is 663 g/mol. The van der Waals surface area contributed by atoms with Crippen LogP contribution in [-0.2, 0) is 28.9 Å². The molecule has 4 N–H and O–H groups in total. The highest BCUT2D eigenvalue weighted by molar-refractivity contribution is 7.92. The van der Waals surface area contributed by atoms with Crippen molar-refractivity contribution in [3.8, 4) is 0 Å². The number of hydrogen-bond donors (Lipinski definition) is 4. The molecule has 2 unspecified atom stereocenters. The summed E-state index contributed by atoms with van der Waals surface area (Å²) in [6.45, 7) is 4.35. The van der Waals surface area contributed by atoms with Gasteiger partial charge in [-0.05, 0) is 74.0 Å². The Bertz CT molecular complexity index is 1770. The minimum atomic E-state index is -3.86. The van der Waals surface area contributed by atoms with Crippen LogP contribution in [0.5, 0.6) is 0 Å². The lowest BCUT2D eigenvalue weighted by molar-refractivity contribution is 0.0173. The second-order valence-corrected chi connectivity index (χ2v) is 13.8. The van der Waals surface area contributed by atoms with Gasteiger partial charge >= 0.3 is 0 Å². The standard InChI is InChI=1S/C34H35F2N3O5S.C4H11N/c1-34(35,36)28-13-9-12-25(17-28)21-37-22-32(41)31(19-24-10-5-3-6-11-24)38-33(42)27-16-26(23-40)18-30(20-27)39(45(2,43)44)29-14-7-4-8-15-29;1-3-4-5-2/h3-18,20,23,31-32,37,41H,19,21-22H2,1-2H3,(H,38,42);5H,3-4H2,1-2H3. The molecule has 0 saturated carbocycles. The van der Waals surface area contributed by atoms with E-state index in [4.69, 9.17) is 0 Å². The topological polar surface area (TPSA) is 128 Å². The fourth-order valence-corrected chi connectivity index (χ4v) is 6.15. The second kappa shape index (κ2) is 19.0. The van der Waals surface area contributed by atoms with Crippen molar-refractivity contribution in [2.75, 3.05) is 30.7 Å². The van der Waals surface area contributed by atoms with Crippen molar-refractivity contribution in [1.29, 1.82) is 0 Å². The van der Waals surface area contributed by atoms with Gasteiger partial charge in [0.1, 0.15) is 6.29 Å². The molecule has 0 aliphatic carbocycles. The molecule has 4 aromatic rings. The highest BCUT2D eigenvalue weighted by atomic mass is 32.2. The molecule has 0 bridgehead atoms. The zero-order chi connectivity index (χ0) is 36.7. The van der Waals surface area contributed by atoms with E-state index in [9.17, 15) is 31.9 Å². The third-order valence-corrected chi connectivity index (χ3v) is 8.68. The van der Waals surface area contributed by atoms with E-state index in [1.165, 1.54) is 36.8 Å². The van der Waals surface area contributed by atoms with E-state index in [1.54, 1.807) is 42.5 Å². The van der Waals surface area contributed by atoms with Crippen molar-refractivity contribution in [3.63, 3.8) is 0 Å². The predicted octanol–water partition coefficient (Wildman–Crippen LogP) is 5.82. The number of carbonyl (C=O) groups excluding carboxylic acids is 2. The number of aliphatic hydroxyl groups excluding tert-OH is 1. The maximum absolute atomic E-state index is 13.8. The van der Waals surface area contributed by atoms with Crippen LogP contribution in [0.15, 0.2) is 103 Å². The van der Waals surface area contributed by atoms with Crippen molar-refractivity contribution in [2.45, 2.75) is 51.3 Å². The Morgan fingerprint density at radius 3 is 2.12 bits per heavy atom. The smallest absolute Gasteiger partial charge is 0.270 e. The lowest BCUT2D eigenvalue weighted by atomic mass is 10.00. The molecule has 2 atom stereocenters. The molecule has 0 saturated heterocycles. The van der Waals surface area contributed by atoms with Gasteiger partial charge in [0.25, 0.3) is 11.8 Å². The van der Waals surface area contributed by atoms with Crippen molar-refractivity contribution < 1.29 is 31.9 Å². The number of anilines is 2. The average molecular weight is 709 g/mol. The first kappa shape index (κ1) is 39.9. The molecule has 0 spiro atoms. The minimum absolute atomic E-state index is 0.0229. The predicted molar refractivity (Wildman–Crippen MR) is 195 cm³/mol. The number of rotatable bonds is 16. The van der Waals surface area contributed by atoms with E-state index < -0.39 is 34.0 Å². The fourth-order valence-electron chi connectivity index (χ4n) is 5.16. The SMILES string of the molecule is CC(F)(F)c1cccc(CNCC(O)C(Cc2ccccc2)NC(=O)c2cc(C=O)cc(N(c3ccccc3)S(C)(=O)=O)c2)c1.CCCNC. The Kier molecular flexibility index (Phi) is 15.2. The first-order chi connectivity index (χ1) is 23.8. The number of aliphatic hydroxyl groups is 1. The molecule has 50 heavy (non-hydrogen) atoms. The number of aldehydes is 1. The molecule has 4 aromatic carbocycles. The molecule has 12 heteroatoms. The quantitative estimate of drug-likeness (QED) is 0.108. The highest BCUT2D eigenvalue weighted by Gasteiger charge is 2.26. The van der Waals surface area contributed by atoms with Gasteiger partial charge < -0.3 is 21.1 Å². The Morgan fingerprint density at radius 2 is 1.56 bits per heavy atom. The van der Waals surface area contributed by atoms with Gasteiger partial charge in [-0.2, -0.15) is 0 Å². The van der Waals surface area contributed by atoms with Crippen molar-refractivity contribution in [1.82, 2.24) is 16.0 Å². The van der Waals surface area contributed by atoms with E-state index in [2.05, 4.69) is 22.9 Å². The van der Waals surface area contributed by atoms with E-state index in [0.717, 1.165) is 29.6 Å². The maximum atomic E-state index is 13.8. The minimum Gasteiger partial charge on any atom is -0.390 e. The number of benzene rings is 4. The summed E-state index contributed by atoms with van der Waals surface area (Å²) < 4.78 is 54.2. The van der Waals surface area contributed by atoms with Crippen LogP contribution >= 0.6 is 0 Å². The molecule has 0 fully saturated rings. The van der Waals surface area contributed by atoms with Crippen LogP contribution in [0.25, 0.3) is 0 Å². The van der Waals surface area contributed by atoms with Gasteiger partial charge in [0.05, 0.1) is 29.8 Å². The van der Waals surface area contributed by atoms with Crippen LogP contribution in [-0.4, -0.2) is 64.3 Å². The third kappa shape index (κ3) is 12.4. The Morgan fingerprint density at radius 1 is 0.920 bits per heavy atom. The first-order valence-electron chi connectivity index (χ1n) is 16.3. The van der Waals surface area contributed by atoms with Gasteiger partial charge in [-0.1, -0.05) is 73.7 Å². The van der Waals surface area contributed by atoms with E-state index in [1.807, 2.05) is 37.4 Å².